The summed E-state index contributed by atoms with van der Waals surface area (Å²) in [7, 11) is 0. The summed E-state index contributed by atoms with van der Waals surface area (Å²) < 4.78 is 5.45. The minimum absolute atomic E-state index is 0.258. The molecule has 1 spiro atoms. The molecule has 0 unspecified atom stereocenters. The SMILES string of the molecule is CCOCCCN1CC(C)(C)NC2(CCCC2)C1. The van der Waals surface area contributed by atoms with Gasteiger partial charge in [0.2, 0.25) is 0 Å². The second-order valence-electron chi connectivity index (χ2n) is 6.76. The van der Waals surface area contributed by atoms with E-state index in [0.717, 1.165) is 13.2 Å². The zero-order valence-electron chi connectivity index (χ0n) is 12.4. The molecular weight excluding hydrogens is 224 g/mol. The van der Waals surface area contributed by atoms with Gasteiger partial charge in [0.15, 0.2) is 0 Å². The minimum atomic E-state index is 0.258. The maximum Gasteiger partial charge on any atom is 0.0478 e. The molecule has 1 aliphatic carbocycles. The maximum atomic E-state index is 5.45. The largest absolute Gasteiger partial charge is 0.382 e. The molecule has 1 aliphatic heterocycles. The summed E-state index contributed by atoms with van der Waals surface area (Å²) in [5.74, 6) is 0. The van der Waals surface area contributed by atoms with Crippen LogP contribution in [0, 0.1) is 0 Å². The van der Waals surface area contributed by atoms with Gasteiger partial charge >= 0.3 is 0 Å². The van der Waals surface area contributed by atoms with Gasteiger partial charge in [0.05, 0.1) is 0 Å². The van der Waals surface area contributed by atoms with Gasteiger partial charge in [-0.3, -0.25) is 4.90 Å². The predicted octanol–water partition coefficient (Wildman–Crippen LogP) is 2.41. The highest BCUT2D eigenvalue weighted by Gasteiger charge is 2.43. The van der Waals surface area contributed by atoms with Crippen LogP contribution in [0.5, 0.6) is 0 Å². The molecule has 106 valence electrons. The van der Waals surface area contributed by atoms with Crippen LogP contribution in [0.25, 0.3) is 0 Å². The van der Waals surface area contributed by atoms with Crippen molar-refractivity contribution in [1.82, 2.24) is 10.2 Å². The van der Waals surface area contributed by atoms with Crippen molar-refractivity contribution in [2.75, 3.05) is 32.8 Å². The molecule has 0 amide bonds. The monoisotopic (exact) mass is 254 g/mol. The summed E-state index contributed by atoms with van der Waals surface area (Å²) in [6.45, 7) is 12.1. The van der Waals surface area contributed by atoms with E-state index >= 15 is 0 Å². The Kier molecular flexibility index (Phi) is 4.68. The fourth-order valence-corrected chi connectivity index (χ4v) is 3.87. The van der Waals surface area contributed by atoms with Crippen LogP contribution >= 0.6 is 0 Å². The van der Waals surface area contributed by atoms with Crippen molar-refractivity contribution in [1.29, 1.82) is 0 Å². The zero-order valence-corrected chi connectivity index (χ0v) is 12.4. The fraction of sp³-hybridized carbons (Fsp3) is 1.00. The normalized spacial score (nSPS) is 26.8. The third-order valence-electron chi connectivity index (χ3n) is 4.28. The molecule has 2 aliphatic rings. The van der Waals surface area contributed by atoms with Crippen LogP contribution < -0.4 is 5.32 Å². The van der Waals surface area contributed by atoms with Crippen molar-refractivity contribution in [3.8, 4) is 0 Å². The van der Waals surface area contributed by atoms with Crippen LogP contribution in [0.4, 0.5) is 0 Å². The molecule has 18 heavy (non-hydrogen) atoms. The third kappa shape index (κ3) is 3.69. The highest BCUT2D eigenvalue weighted by Crippen LogP contribution is 2.35. The van der Waals surface area contributed by atoms with E-state index in [0.29, 0.717) is 5.54 Å². The Labute approximate surface area is 112 Å². The molecule has 1 N–H and O–H groups in total. The summed E-state index contributed by atoms with van der Waals surface area (Å²) in [5.41, 5.74) is 0.668. The summed E-state index contributed by atoms with van der Waals surface area (Å²) in [4.78, 5) is 2.65. The highest BCUT2D eigenvalue weighted by atomic mass is 16.5. The van der Waals surface area contributed by atoms with E-state index in [4.69, 9.17) is 4.74 Å². The van der Waals surface area contributed by atoms with Crippen LogP contribution in [0.1, 0.15) is 52.9 Å². The lowest BCUT2D eigenvalue weighted by Crippen LogP contribution is -2.68. The molecule has 0 aromatic carbocycles. The fourth-order valence-electron chi connectivity index (χ4n) is 3.87. The van der Waals surface area contributed by atoms with Crippen LogP contribution in [0.3, 0.4) is 0 Å². The van der Waals surface area contributed by atoms with Crippen molar-refractivity contribution in [2.45, 2.75) is 64.0 Å². The van der Waals surface area contributed by atoms with Gasteiger partial charge in [-0.25, -0.2) is 0 Å². The molecular formula is C15H30N2O. The summed E-state index contributed by atoms with van der Waals surface area (Å²) in [6, 6.07) is 0. The Balaban J connectivity index is 1.86. The third-order valence-corrected chi connectivity index (χ3v) is 4.28. The van der Waals surface area contributed by atoms with E-state index in [1.54, 1.807) is 0 Å². The molecule has 3 heteroatoms. The molecule has 3 nitrogen and oxygen atoms in total. The Morgan fingerprint density at radius 1 is 1.17 bits per heavy atom. The van der Waals surface area contributed by atoms with Gasteiger partial charge in [-0.05, 0) is 40.0 Å². The minimum Gasteiger partial charge on any atom is -0.382 e. The van der Waals surface area contributed by atoms with Crippen molar-refractivity contribution in [3.05, 3.63) is 0 Å². The number of piperazine rings is 1. The van der Waals surface area contributed by atoms with Crippen molar-refractivity contribution in [2.24, 2.45) is 0 Å². The number of ether oxygens (including phenoxy) is 1. The first-order chi connectivity index (χ1) is 8.55. The van der Waals surface area contributed by atoms with Gasteiger partial charge in [-0.1, -0.05) is 12.8 Å². The average Bonchev–Trinajstić information content (AvgIpc) is 2.70. The van der Waals surface area contributed by atoms with Gasteiger partial charge in [0, 0.05) is 43.9 Å². The van der Waals surface area contributed by atoms with E-state index < -0.39 is 0 Å². The second kappa shape index (κ2) is 5.89. The summed E-state index contributed by atoms with van der Waals surface area (Å²) in [5, 5.41) is 3.93. The molecule has 2 rings (SSSR count). The maximum absolute atomic E-state index is 5.45. The first kappa shape index (κ1) is 14.3. The molecule has 1 heterocycles. The Morgan fingerprint density at radius 2 is 1.89 bits per heavy atom. The van der Waals surface area contributed by atoms with Crippen LogP contribution in [-0.4, -0.2) is 48.8 Å². The van der Waals surface area contributed by atoms with E-state index in [1.807, 2.05) is 0 Å². The van der Waals surface area contributed by atoms with E-state index in [2.05, 4.69) is 31.0 Å². The smallest absolute Gasteiger partial charge is 0.0478 e. The lowest BCUT2D eigenvalue weighted by atomic mass is 9.87. The van der Waals surface area contributed by atoms with Gasteiger partial charge in [0.25, 0.3) is 0 Å². The molecule has 2 fully saturated rings. The van der Waals surface area contributed by atoms with Crippen molar-refractivity contribution >= 4 is 0 Å². The number of nitrogens with zero attached hydrogens (tertiary/aromatic N) is 1. The Morgan fingerprint density at radius 3 is 2.56 bits per heavy atom. The van der Waals surface area contributed by atoms with Crippen molar-refractivity contribution < 1.29 is 4.74 Å². The average molecular weight is 254 g/mol. The quantitative estimate of drug-likeness (QED) is 0.763. The molecule has 0 aromatic rings. The van der Waals surface area contributed by atoms with Crippen molar-refractivity contribution in [3.63, 3.8) is 0 Å². The number of rotatable bonds is 5. The number of hydrogen-bond acceptors (Lipinski definition) is 3. The Bertz CT molecular complexity index is 259. The first-order valence-electron chi connectivity index (χ1n) is 7.65. The topological polar surface area (TPSA) is 24.5 Å². The van der Waals surface area contributed by atoms with E-state index in [9.17, 15) is 0 Å². The Hall–Kier alpha value is -0.120. The van der Waals surface area contributed by atoms with Crippen LogP contribution in [-0.2, 0) is 4.74 Å². The van der Waals surface area contributed by atoms with E-state index in [-0.39, 0.29) is 5.54 Å². The van der Waals surface area contributed by atoms with Gasteiger partial charge in [0.1, 0.15) is 0 Å². The first-order valence-corrected chi connectivity index (χ1v) is 7.65. The van der Waals surface area contributed by atoms with E-state index in [1.165, 1.54) is 51.7 Å². The zero-order chi connectivity index (χ0) is 13.1. The summed E-state index contributed by atoms with van der Waals surface area (Å²) >= 11 is 0. The standard InChI is InChI=1S/C15H30N2O/c1-4-18-11-7-10-17-12-14(2,3)16-15(13-17)8-5-6-9-15/h16H,4-13H2,1-3H3. The van der Waals surface area contributed by atoms with Gasteiger partial charge in [-0.15, -0.1) is 0 Å². The van der Waals surface area contributed by atoms with Gasteiger partial charge in [-0.2, -0.15) is 0 Å². The molecule has 0 atom stereocenters. The predicted molar refractivity (Wildman–Crippen MR) is 76.0 cm³/mol. The summed E-state index contributed by atoms with van der Waals surface area (Å²) in [6.07, 6.45) is 6.68. The molecule has 0 aromatic heterocycles. The molecule has 1 saturated heterocycles. The highest BCUT2D eigenvalue weighted by molar-refractivity contribution is 5.04. The number of nitrogens with one attached hydrogen (secondary N) is 1. The number of hydrogen-bond donors (Lipinski definition) is 1. The molecule has 0 bridgehead atoms. The molecule has 1 saturated carbocycles. The molecule has 0 radical (unpaired) electrons. The van der Waals surface area contributed by atoms with Crippen LogP contribution in [0.15, 0.2) is 0 Å². The second-order valence-corrected chi connectivity index (χ2v) is 6.76. The van der Waals surface area contributed by atoms with Crippen LogP contribution in [0.2, 0.25) is 0 Å². The lowest BCUT2D eigenvalue weighted by Gasteiger charge is -2.50. The lowest BCUT2D eigenvalue weighted by molar-refractivity contribution is 0.0526. The van der Waals surface area contributed by atoms with Gasteiger partial charge < -0.3 is 10.1 Å².